The molecule has 0 saturated carbocycles. The monoisotopic (exact) mass is 265 g/mol. The summed E-state index contributed by atoms with van der Waals surface area (Å²) in [6, 6.07) is 4.78. The van der Waals surface area contributed by atoms with E-state index in [4.69, 9.17) is 0 Å². The van der Waals surface area contributed by atoms with E-state index in [0.29, 0.717) is 19.0 Å². The first kappa shape index (κ1) is 15.7. The Morgan fingerprint density at radius 2 is 1.89 bits per heavy atom. The van der Waals surface area contributed by atoms with E-state index < -0.39 is 5.82 Å². The van der Waals surface area contributed by atoms with Gasteiger partial charge >= 0.3 is 0 Å². The molecule has 0 aliphatic rings. The lowest BCUT2D eigenvalue weighted by Gasteiger charge is -2.25. The van der Waals surface area contributed by atoms with Gasteiger partial charge in [0.15, 0.2) is 0 Å². The Labute approximate surface area is 115 Å². The van der Waals surface area contributed by atoms with Crippen LogP contribution < -0.4 is 0 Å². The molecule has 1 rings (SSSR count). The van der Waals surface area contributed by atoms with Crippen molar-refractivity contribution in [3.63, 3.8) is 0 Å². The highest BCUT2D eigenvalue weighted by molar-refractivity contribution is 5.94. The fourth-order valence-corrected chi connectivity index (χ4v) is 2.18. The molecule has 0 radical (unpaired) electrons. The zero-order valence-electron chi connectivity index (χ0n) is 12.4. The second-order valence-corrected chi connectivity index (χ2v) is 5.01. The Balaban J connectivity index is 2.89. The third kappa shape index (κ3) is 4.05. The van der Waals surface area contributed by atoms with Gasteiger partial charge in [-0.15, -0.1) is 0 Å². The highest BCUT2D eigenvalue weighted by atomic mass is 19.1. The molecule has 0 spiro atoms. The first-order chi connectivity index (χ1) is 9.03. The molecule has 1 amide bonds. The van der Waals surface area contributed by atoms with Gasteiger partial charge in [0.05, 0.1) is 5.56 Å². The molecule has 0 fully saturated rings. The minimum Gasteiger partial charge on any atom is -0.339 e. The predicted octanol–water partition coefficient (Wildman–Crippen LogP) is 4.03. The summed E-state index contributed by atoms with van der Waals surface area (Å²) in [7, 11) is 0. The van der Waals surface area contributed by atoms with Crippen molar-refractivity contribution >= 4 is 5.91 Å². The lowest BCUT2D eigenvalue weighted by atomic mass is 10.0. The predicted molar refractivity (Wildman–Crippen MR) is 76.8 cm³/mol. The summed E-state index contributed by atoms with van der Waals surface area (Å²) in [6.07, 6.45) is 2.08. The molecule has 0 N–H and O–H groups in total. The van der Waals surface area contributed by atoms with Crippen molar-refractivity contribution in [1.29, 1.82) is 0 Å². The lowest BCUT2D eigenvalue weighted by Crippen LogP contribution is -2.35. The first-order valence-corrected chi connectivity index (χ1v) is 7.08. The van der Waals surface area contributed by atoms with Crippen LogP contribution in [0.4, 0.5) is 4.39 Å². The Bertz CT molecular complexity index is 427. The molecular formula is C16H24FNO. The van der Waals surface area contributed by atoms with Gasteiger partial charge in [0.25, 0.3) is 5.91 Å². The molecular weight excluding hydrogens is 241 g/mol. The fraction of sp³-hybridized carbons (Fsp3) is 0.562. The molecule has 2 nitrogen and oxygen atoms in total. The standard InChI is InChI=1S/C16H24FNO/c1-5-13(6-2)11-18(7-3)16(19)14-9-8-12(4)10-15(14)17/h8-10,13H,5-7,11H2,1-4H3. The van der Waals surface area contributed by atoms with Crippen molar-refractivity contribution in [3.05, 3.63) is 35.1 Å². The van der Waals surface area contributed by atoms with Gasteiger partial charge in [0.2, 0.25) is 0 Å². The summed E-state index contributed by atoms with van der Waals surface area (Å²) in [5.74, 6) is -0.141. The van der Waals surface area contributed by atoms with Gasteiger partial charge in [0, 0.05) is 13.1 Å². The molecule has 0 aliphatic heterocycles. The van der Waals surface area contributed by atoms with Crippen LogP contribution in [0, 0.1) is 18.7 Å². The third-order valence-corrected chi connectivity index (χ3v) is 3.66. The van der Waals surface area contributed by atoms with E-state index in [-0.39, 0.29) is 11.5 Å². The van der Waals surface area contributed by atoms with Crippen molar-refractivity contribution in [2.24, 2.45) is 5.92 Å². The maximum absolute atomic E-state index is 13.9. The summed E-state index contributed by atoms with van der Waals surface area (Å²) >= 11 is 0. The topological polar surface area (TPSA) is 20.3 Å². The Morgan fingerprint density at radius 1 is 1.26 bits per heavy atom. The molecule has 0 aromatic heterocycles. The number of hydrogen-bond acceptors (Lipinski definition) is 1. The summed E-state index contributed by atoms with van der Waals surface area (Å²) in [5, 5.41) is 0. The van der Waals surface area contributed by atoms with E-state index in [1.807, 2.05) is 13.8 Å². The number of hydrogen-bond donors (Lipinski definition) is 0. The van der Waals surface area contributed by atoms with E-state index in [0.717, 1.165) is 18.4 Å². The summed E-state index contributed by atoms with van der Waals surface area (Å²) in [4.78, 5) is 14.1. The molecule has 1 aromatic carbocycles. The van der Waals surface area contributed by atoms with Gasteiger partial charge in [0.1, 0.15) is 5.82 Å². The largest absolute Gasteiger partial charge is 0.339 e. The second-order valence-electron chi connectivity index (χ2n) is 5.01. The molecule has 106 valence electrons. The molecule has 0 heterocycles. The highest BCUT2D eigenvalue weighted by Crippen LogP contribution is 2.16. The third-order valence-electron chi connectivity index (χ3n) is 3.66. The van der Waals surface area contributed by atoms with Crippen molar-refractivity contribution in [3.8, 4) is 0 Å². The number of benzene rings is 1. The Kier molecular flexibility index (Phi) is 6.00. The quantitative estimate of drug-likeness (QED) is 0.760. The number of carbonyl (C=O) groups excluding carboxylic acids is 1. The van der Waals surface area contributed by atoms with Gasteiger partial charge < -0.3 is 4.90 Å². The van der Waals surface area contributed by atoms with Gasteiger partial charge in [-0.2, -0.15) is 0 Å². The maximum Gasteiger partial charge on any atom is 0.256 e. The molecule has 19 heavy (non-hydrogen) atoms. The van der Waals surface area contributed by atoms with Crippen LogP contribution in [0.2, 0.25) is 0 Å². The molecule has 3 heteroatoms. The normalized spacial score (nSPS) is 10.8. The molecule has 0 bridgehead atoms. The van der Waals surface area contributed by atoms with Crippen LogP contribution in [-0.2, 0) is 0 Å². The minimum atomic E-state index is -0.423. The van der Waals surface area contributed by atoms with Crippen molar-refractivity contribution in [1.82, 2.24) is 4.90 Å². The zero-order valence-corrected chi connectivity index (χ0v) is 12.4. The smallest absolute Gasteiger partial charge is 0.256 e. The fourth-order valence-electron chi connectivity index (χ4n) is 2.18. The SMILES string of the molecule is CCC(CC)CN(CC)C(=O)c1ccc(C)cc1F. The van der Waals surface area contributed by atoms with Gasteiger partial charge in [-0.25, -0.2) is 4.39 Å². The van der Waals surface area contributed by atoms with Crippen LogP contribution in [0.25, 0.3) is 0 Å². The van der Waals surface area contributed by atoms with Gasteiger partial charge in [-0.05, 0) is 37.5 Å². The van der Waals surface area contributed by atoms with Crippen molar-refractivity contribution < 1.29 is 9.18 Å². The number of carbonyl (C=O) groups is 1. The average molecular weight is 265 g/mol. The van der Waals surface area contributed by atoms with Crippen LogP contribution in [0.3, 0.4) is 0 Å². The molecule has 0 unspecified atom stereocenters. The molecule has 0 aliphatic carbocycles. The maximum atomic E-state index is 13.9. The first-order valence-electron chi connectivity index (χ1n) is 7.08. The molecule has 0 saturated heterocycles. The summed E-state index contributed by atoms with van der Waals surface area (Å²) in [6.45, 7) is 9.32. The highest BCUT2D eigenvalue weighted by Gasteiger charge is 2.20. The van der Waals surface area contributed by atoms with E-state index in [2.05, 4.69) is 13.8 Å². The zero-order chi connectivity index (χ0) is 14.4. The van der Waals surface area contributed by atoms with Crippen LogP contribution in [0.1, 0.15) is 49.5 Å². The van der Waals surface area contributed by atoms with E-state index in [9.17, 15) is 9.18 Å². The van der Waals surface area contributed by atoms with Gasteiger partial charge in [-0.3, -0.25) is 4.79 Å². The number of aryl methyl sites for hydroxylation is 1. The minimum absolute atomic E-state index is 0.179. The lowest BCUT2D eigenvalue weighted by molar-refractivity contribution is 0.0730. The van der Waals surface area contributed by atoms with E-state index in [1.165, 1.54) is 6.07 Å². The number of halogens is 1. The second kappa shape index (κ2) is 7.27. The van der Waals surface area contributed by atoms with Crippen LogP contribution >= 0.6 is 0 Å². The number of amides is 1. The number of rotatable bonds is 6. The molecule has 0 atom stereocenters. The van der Waals surface area contributed by atoms with Crippen LogP contribution in [0.5, 0.6) is 0 Å². The van der Waals surface area contributed by atoms with Crippen molar-refractivity contribution in [2.45, 2.75) is 40.5 Å². The molecule has 1 aromatic rings. The summed E-state index contributed by atoms with van der Waals surface area (Å²) < 4.78 is 13.9. The van der Waals surface area contributed by atoms with Gasteiger partial charge in [-0.1, -0.05) is 32.8 Å². The van der Waals surface area contributed by atoms with E-state index in [1.54, 1.807) is 17.0 Å². The number of nitrogens with zero attached hydrogens (tertiary/aromatic N) is 1. The Hall–Kier alpha value is -1.38. The summed E-state index contributed by atoms with van der Waals surface area (Å²) in [5.41, 5.74) is 1.01. The average Bonchev–Trinajstić information content (AvgIpc) is 2.39. The van der Waals surface area contributed by atoms with Crippen molar-refractivity contribution in [2.75, 3.05) is 13.1 Å². The van der Waals surface area contributed by atoms with Crippen LogP contribution in [0.15, 0.2) is 18.2 Å². The Morgan fingerprint density at radius 3 is 2.37 bits per heavy atom. The van der Waals surface area contributed by atoms with E-state index >= 15 is 0 Å². The van der Waals surface area contributed by atoms with Crippen LogP contribution in [-0.4, -0.2) is 23.9 Å².